The number of amides is 2. The van der Waals surface area contributed by atoms with E-state index in [4.69, 9.17) is 14.0 Å². The van der Waals surface area contributed by atoms with Gasteiger partial charge in [0, 0.05) is 23.8 Å². The smallest absolute Gasteiger partial charge is 0.255 e. The van der Waals surface area contributed by atoms with Crippen molar-refractivity contribution in [1.29, 1.82) is 0 Å². The van der Waals surface area contributed by atoms with Crippen molar-refractivity contribution in [1.82, 2.24) is 5.16 Å². The van der Waals surface area contributed by atoms with Gasteiger partial charge in [0.15, 0.2) is 5.82 Å². The highest BCUT2D eigenvalue weighted by Gasteiger charge is 2.22. The topological polar surface area (TPSA) is 115 Å². The van der Waals surface area contributed by atoms with Crippen molar-refractivity contribution in [3.63, 3.8) is 0 Å². The second-order valence-corrected chi connectivity index (χ2v) is 7.45. The van der Waals surface area contributed by atoms with Gasteiger partial charge in [-0.25, -0.2) is 0 Å². The lowest BCUT2D eigenvalue weighted by Crippen LogP contribution is -2.34. The molecule has 3 N–H and O–H groups in total. The van der Waals surface area contributed by atoms with Crippen LogP contribution in [-0.2, 0) is 4.79 Å². The number of rotatable bonds is 11. The normalized spacial score (nSPS) is 11.4. The van der Waals surface area contributed by atoms with Crippen molar-refractivity contribution in [2.75, 3.05) is 29.2 Å². The van der Waals surface area contributed by atoms with E-state index in [9.17, 15) is 9.59 Å². The average molecular weight is 467 g/mol. The fourth-order valence-electron chi connectivity index (χ4n) is 3.28. The molecule has 2 aromatic carbocycles. The molecule has 9 nitrogen and oxygen atoms in total. The van der Waals surface area contributed by atoms with Gasteiger partial charge in [0.25, 0.3) is 5.91 Å². The molecule has 9 heteroatoms. The van der Waals surface area contributed by atoms with Crippen LogP contribution >= 0.6 is 0 Å². The molecule has 0 aliphatic heterocycles. The van der Waals surface area contributed by atoms with E-state index in [-0.39, 0.29) is 11.8 Å². The third-order valence-corrected chi connectivity index (χ3v) is 4.90. The molecule has 180 valence electrons. The van der Waals surface area contributed by atoms with Crippen LogP contribution in [0.2, 0.25) is 0 Å². The number of anilines is 3. The van der Waals surface area contributed by atoms with Gasteiger partial charge in [-0.1, -0.05) is 30.3 Å². The van der Waals surface area contributed by atoms with E-state index in [1.165, 1.54) is 0 Å². The first-order valence-corrected chi connectivity index (χ1v) is 11.3. The van der Waals surface area contributed by atoms with Crippen molar-refractivity contribution in [3.05, 3.63) is 59.9 Å². The van der Waals surface area contributed by atoms with E-state index < -0.39 is 6.04 Å². The predicted octanol–water partition coefficient (Wildman–Crippen LogP) is 4.86. The molecule has 0 fully saturated rings. The van der Waals surface area contributed by atoms with Crippen molar-refractivity contribution in [2.45, 2.75) is 40.2 Å². The Labute approximate surface area is 198 Å². The van der Waals surface area contributed by atoms with Crippen LogP contribution in [0.3, 0.4) is 0 Å². The number of carbonyl (C=O) groups excluding carboxylic acids is 2. The van der Waals surface area contributed by atoms with E-state index in [1.54, 1.807) is 49.4 Å². The lowest BCUT2D eigenvalue weighted by Gasteiger charge is -2.22. The number of nitrogens with zero attached hydrogens (tertiary/aromatic N) is 1. The fraction of sp³-hybridized carbons (Fsp3) is 0.320. The monoisotopic (exact) mass is 466 g/mol. The Morgan fingerprint density at radius 3 is 2.18 bits per heavy atom. The Morgan fingerprint density at radius 2 is 1.59 bits per heavy atom. The Bertz CT molecular complexity index is 1110. The molecule has 0 aliphatic rings. The van der Waals surface area contributed by atoms with Crippen LogP contribution in [-0.4, -0.2) is 36.2 Å². The van der Waals surface area contributed by atoms with Gasteiger partial charge < -0.3 is 29.9 Å². The maximum absolute atomic E-state index is 12.8. The molecule has 0 saturated carbocycles. The summed E-state index contributed by atoms with van der Waals surface area (Å²) in [6.45, 7) is 8.15. The first-order chi connectivity index (χ1) is 16.4. The summed E-state index contributed by atoms with van der Waals surface area (Å²) in [6.07, 6.45) is 0.505. The van der Waals surface area contributed by atoms with Gasteiger partial charge >= 0.3 is 0 Å². The second-order valence-electron chi connectivity index (χ2n) is 7.45. The lowest BCUT2D eigenvalue weighted by atomic mass is 10.1. The van der Waals surface area contributed by atoms with E-state index in [0.717, 1.165) is 0 Å². The van der Waals surface area contributed by atoms with Gasteiger partial charge in [-0.05, 0) is 39.3 Å². The minimum absolute atomic E-state index is 0.265. The predicted molar refractivity (Wildman–Crippen MR) is 131 cm³/mol. The first kappa shape index (κ1) is 24.6. The molecule has 1 atom stereocenters. The molecule has 1 unspecified atom stereocenters. The quantitative estimate of drug-likeness (QED) is 0.370. The summed E-state index contributed by atoms with van der Waals surface area (Å²) in [7, 11) is 0. The third-order valence-electron chi connectivity index (χ3n) is 4.90. The van der Waals surface area contributed by atoms with Gasteiger partial charge in [-0.2, -0.15) is 0 Å². The molecule has 2 amide bonds. The van der Waals surface area contributed by atoms with Crippen LogP contribution < -0.4 is 25.4 Å². The number of ether oxygens (including phenoxy) is 2. The number of aryl methyl sites for hydroxylation is 1. The molecule has 0 aliphatic carbocycles. The highest BCUT2D eigenvalue weighted by atomic mass is 16.5. The summed E-state index contributed by atoms with van der Waals surface area (Å²) < 4.78 is 16.6. The molecule has 3 aromatic rings. The Hall–Kier alpha value is -4.01. The van der Waals surface area contributed by atoms with Crippen LogP contribution in [0.15, 0.2) is 53.1 Å². The van der Waals surface area contributed by atoms with Crippen molar-refractivity contribution < 1.29 is 23.6 Å². The van der Waals surface area contributed by atoms with E-state index in [0.29, 0.717) is 59.6 Å². The summed E-state index contributed by atoms with van der Waals surface area (Å²) in [5.74, 6) is 1.36. The summed E-state index contributed by atoms with van der Waals surface area (Å²) in [4.78, 5) is 25.5. The summed E-state index contributed by atoms with van der Waals surface area (Å²) >= 11 is 0. The van der Waals surface area contributed by atoms with Crippen molar-refractivity contribution >= 4 is 29.0 Å². The van der Waals surface area contributed by atoms with Crippen LogP contribution in [0, 0.1) is 6.92 Å². The maximum atomic E-state index is 12.8. The zero-order valence-corrected chi connectivity index (χ0v) is 19.8. The standard InChI is InChI=1S/C25H30N4O5/c1-5-18(25(31)28-23-13-16(4)34-29-23)26-19-14-22(33-7-3)20(15-21(19)32-6-2)27-24(30)17-11-9-8-10-12-17/h8-15,18,26H,5-7H2,1-4H3,(H,27,30)(H,28,29,31). The number of hydrogen-bond donors (Lipinski definition) is 3. The molecule has 1 heterocycles. The summed E-state index contributed by atoms with van der Waals surface area (Å²) in [5.41, 5.74) is 1.57. The van der Waals surface area contributed by atoms with Crippen LogP contribution in [0.25, 0.3) is 0 Å². The highest BCUT2D eigenvalue weighted by Crippen LogP contribution is 2.37. The van der Waals surface area contributed by atoms with Crippen molar-refractivity contribution in [3.8, 4) is 11.5 Å². The zero-order valence-electron chi connectivity index (χ0n) is 19.8. The van der Waals surface area contributed by atoms with Gasteiger partial charge in [-0.15, -0.1) is 0 Å². The number of carbonyl (C=O) groups is 2. The lowest BCUT2D eigenvalue weighted by molar-refractivity contribution is -0.117. The van der Waals surface area contributed by atoms with E-state index >= 15 is 0 Å². The number of benzene rings is 2. The van der Waals surface area contributed by atoms with Gasteiger partial charge in [0.2, 0.25) is 5.91 Å². The maximum Gasteiger partial charge on any atom is 0.255 e. The van der Waals surface area contributed by atoms with E-state index in [1.807, 2.05) is 26.8 Å². The molecular formula is C25H30N4O5. The Balaban J connectivity index is 1.87. The third kappa shape index (κ3) is 6.28. The minimum atomic E-state index is -0.574. The Kier molecular flexibility index (Phi) is 8.50. The molecule has 0 spiro atoms. The molecular weight excluding hydrogens is 436 g/mol. The molecule has 0 saturated heterocycles. The number of hydrogen-bond acceptors (Lipinski definition) is 7. The average Bonchev–Trinajstić information content (AvgIpc) is 3.24. The zero-order chi connectivity index (χ0) is 24.5. The molecule has 0 radical (unpaired) electrons. The van der Waals surface area contributed by atoms with Crippen LogP contribution in [0.1, 0.15) is 43.3 Å². The minimum Gasteiger partial charge on any atom is -0.492 e. The first-order valence-electron chi connectivity index (χ1n) is 11.3. The molecule has 34 heavy (non-hydrogen) atoms. The number of aromatic nitrogens is 1. The largest absolute Gasteiger partial charge is 0.492 e. The molecule has 3 rings (SSSR count). The fourth-order valence-corrected chi connectivity index (χ4v) is 3.28. The van der Waals surface area contributed by atoms with Gasteiger partial charge in [-0.3, -0.25) is 9.59 Å². The highest BCUT2D eigenvalue weighted by molar-refractivity contribution is 6.05. The SMILES string of the molecule is CCOc1cc(NC(CC)C(=O)Nc2cc(C)on2)c(OCC)cc1NC(=O)c1ccccc1. The second kappa shape index (κ2) is 11.7. The summed E-state index contributed by atoms with van der Waals surface area (Å²) in [5, 5.41) is 12.7. The van der Waals surface area contributed by atoms with Crippen LogP contribution in [0.5, 0.6) is 11.5 Å². The molecule has 1 aromatic heterocycles. The Morgan fingerprint density at radius 1 is 0.941 bits per heavy atom. The summed E-state index contributed by atoms with van der Waals surface area (Å²) in [6, 6.07) is 13.4. The molecule has 0 bridgehead atoms. The van der Waals surface area contributed by atoms with E-state index in [2.05, 4.69) is 21.1 Å². The number of nitrogens with one attached hydrogen (secondary N) is 3. The van der Waals surface area contributed by atoms with Gasteiger partial charge in [0.05, 0.1) is 24.6 Å². The van der Waals surface area contributed by atoms with Crippen LogP contribution in [0.4, 0.5) is 17.2 Å². The van der Waals surface area contributed by atoms with Gasteiger partial charge in [0.1, 0.15) is 23.3 Å². The van der Waals surface area contributed by atoms with Crippen molar-refractivity contribution in [2.24, 2.45) is 0 Å².